The maximum atomic E-state index is 12.2. The Kier molecular flexibility index (Phi) is 7.09. The summed E-state index contributed by atoms with van der Waals surface area (Å²) in [6, 6.07) is 12.4. The average molecular weight is 439 g/mol. The largest absolute Gasteiger partial charge is 0.466 e. The standard InChI is InChI=1S/C25H30N2O5/c1-5-31-22(28)16-25(30)14-13-24(3,4)19-12-11-17(15-20(19)25)26-27-21-10-8-7-9-18(21)23(29)32-6-2/h7-12,15,30H,5-6,13-14,16H2,1-4H3. The van der Waals surface area contributed by atoms with Crippen molar-refractivity contribution in [2.45, 2.75) is 58.0 Å². The topological polar surface area (TPSA) is 97.5 Å². The molecule has 7 heteroatoms. The van der Waals surface area contributed by atoms with Crippen LogP contribution >= 0.6 is 0 Å². The van der Waals surface area contributed by atoms with Crippen molar-refractivity contribution in [3.8, 4) is 0 Å². The number of ether oxygens (including phenoxy) is 2. The molecule has 7 nitrogen and oxygen atoms in total. The van der Waals surface area contributed by atoms with Gasteiger partial charge in [-0.3, -0.25) is 4.79 Å². The molecular formula is C25H30N2O5. The van der Waals surface area contributed by atoms with Crippen LogP contribution in [0.1, 0.15) is 68.4 Å². The van der Waals surface area contributed by atoms with Gasteiger partial charge in [-0.25, -0.2) is 4.79 Å². The van der Waals surface area contributed by atoms with Gasteiger partial charge in [-0.15, -0.1) is 5.11 Å². The van der Waals surface area contributed by atoms with Crippen molar-refractivity contribution >= 4 is 23.3 Å². The van der Waals surface area contributed by atoms with Crippen molar-refractivity contribution in [3.05, 3.63) is 59.2 Å². The monoisotopic (exact) mass is 438 g/mol. The number of aliphatic hydroxyl groups is 1. The normalized spacial score (nSPS) is 19.4. The minimum atomic E-state index is -1.33. The van der Waals surface area contributed by atoms with Gasteiger partial charge in [0.1, 0.15) is 11.3 Å². The van der Waals surface area contributed by atoms with Gasteiger partial charge in [0.05, 0.1) is 30.9 Å². The highest BCUT2D eigenvalue weighted by molar-refractivity contribution is 5.94. The summed E-state index contributed by atoms with van der Waals surface area (Å²) in [5.41, 5.74) is 1.40. The van der Waals surface area contributed by atoms with Gasteiger partial charge in [0.25, 0.3) is 0 Å². The van der Waals surface area contributed by atoms with Gasteiger partial charge in [-0.2, -0.15) is 5.11 Å². The zero-order valence-electron chi connectivity index (χ0n) is 19.1. The number of carbonyl (C=O) groups is 2. The summed E-state index contributed by atoms with van der Waals surface area (Å²) in [5, 5.41) is 20.0. The van der Waals surface area contributed by atoms with Crippen molar-refractivity contribution in [1.29, 1.82) is 0 Å². The highest BCUT2D eigenvalue weighted by Crippen LogP contribution is 2.47. The van der Waals surface area contributed by atoms with E-state index in [-0.39, 0.29) is 25.0 Å². The molecule has 0 heterocycles. The fourth-order valence-electron chi connectivity index (χ4n) is 4.05. The lowest BCUT2D eigenvalue weighted by atomic mass is 9.66. The molecule has 0 fully saturated rings. The first-order valence-corrected chi connectivity index (χ1v) is 10.9. The van der Waals surface area contributed by atoms with Crippen molar-refractivity contribution in [1.82, 2.24) is 0 Å². The van der Waals surface area contributed by atoms with Crippen LogP contribution in [0.15, 0.2) is 52.7 Å². The Hall–Kier alpha value is -3.06. The number of fused-ring (bicyclic) bond motifs is 1. The number of rotatable bonds is 7. The Morgan fingerprint density at radius 2 is 1.69 bits per heavy atom. The van der Waals surface area contributed by atoms with Crippen molar-refractivity contribution in [2.24, 2.45) is 10.2 Å². The molecule has 1 atom stereocenters. The molecule has 0 saturated carbocycles. The molecule has 3 rings (SSSR count). The van der Waals surface area contributed by atoms with E-state index in [4.69, 9.17) is 9.47 Å². The average Bonchev–Trinajstić information content (AvgIpc) is 2.76. The molecule has 0 spiro atoms. The van der Waals surface area contributed by atoms with Crippen LogP contribution in [0.2, 0.25) is 0 Å². The van der Waals surface area contributed by atoms with Crippen molar-refractivity contribution < 1.29 is 24.2 Å². The van der Waals surface area contributed by atoms with Crippen LogP contribution in [-0.2, 0) is 25.3 Å². The highest BCUT2D eigenvalue weighted by atomic mass is 16.5. The second kappa shape index (κ2) is 9.61. The summed E-state index contributed by atoms with van der Waals surface area (Å²) >= 11 is 0. The van der Waals surface area contributed by atoms with Crippen LogP contribution in [0.4, 0.5) is 11.4 Å². The van der Waals surface area contributed by atoms with E-state index in [2.05, 4.69) is 24.1 Å². The lowest BCUT2D eigenvalue weighted by Gasteiger charge is -2.42. The first-order valence-electron chi connectivity index (χ1n) is 10.9. The summed E-state index contributed by atoms with van der Waals surface area (Å²) in [5.74, 6) is -0.894. The lowest BCUT2D eigenvalue weighted by molar-refractivity contribution is -0.150. The van der Waals surface area contributed by atoms with E-state index in [0.29, 0.717) is 28.9 Å². The molecule has 0 saturated heterocycles. The fraction of sp³-hybridized carbons (Fsp3) is 0.440. The van der Waals surface area contributed by atoms with E-state index in [1.54, 1.807) is 44.2 Å². The molecule has 1 aliphatic carbocycles. The number of azo groups is 1. The number of benzene rings is 2. The third-order valence-corrected chi connectivity index (χ3v) is 5.81. The van der Waals surface area contributed by atoms with E-state index in [1.165, 1.54) is 0 Å². The Morgan fingerprint density at radius 1 is 0.969 bits per heavy atom. The van der Waals surface area contributed by atoms with E-state index >= 15 is 0 Å². The van der Waals surface area contributed by atoms with Gasteiger partial charge in [-0.05, 0) is 67.5 Å². The zero-order valence-corrected chi connectivity index (χ0v) is 19.1. The quantitative estimate of drug-likeness (QED) is 0.455. The molecule has 0 aliphatic heterocycles. The van der Waals surface area contributed by atoms with Crippen LogP contribution in [0, 0.1) is 0 Å². The Morgan fingerprint density at radius 3 is 2.41 bits per heavy atom. The van der Waals surface area contributed by atoms with Gasteiger partial charge in [0.15, 0.2) is 0 Å². The van der Waals surface area contributed by atoms with E-state index in [9.17, 15) is 14.7 Å². The molecule has 1 unspecified atom stereocenters. The SMILES string of the molecule is CCOC(=O)CC1(O)CCC(C)(C)c2ccc(N=Nc3ccccc3C(=O)OCC)cc21. The molecular weight excluding hydrogens is 408 g/mol. The van der Waals surface area contributed by atoms with Gasteiger partial charge in [0.2, 0.25) is 0 Å². The third-order valence-electron chi connectivity index (χ3n) is 5.81. The minimum Gasteiger partial charge on any atom is -0.466 e. The van der Waals surface area contributed by atoms with Crippen LogP contribution in [-0.4, -0.2) is 30.3 Å². The zero-order chi connectivity index (χ0) is 23.4. The molecule has 0 bridgehead atoms. The smallest absolute Gasteiger partial charge is 0.340 e. The number of esters is 2. The van der Waals surface area contributed by atoms with Gasteiger partial charge < -0.3 is 14.6 Å². The molecule has 2 aromatic rings. The lowest BCUT2D eigenvalue weighted by Crippen LogP contribution is -2.39. The summed E-state index contributed by atoms with van der Waals surface area (Å²) in [4.78, 5) is 24.4. The fourth-order valence-corrected chi connectivity index (χ4v) is 4.05. The van der Waals surface area contributed by atoms with Crippen molar-refractivity contribution in [2.75, 3.05) is 13.2 Å². The molecule has 1 N–H and O–H groups in total. The molecule has 1 aliphatic rings. The Bertz CT molecular complexity index is 1030. The second-order valence-corrected chi connectivity index (χ2v) is 8.56. The van der Waals surface area contributed by atoms with Gasteiger partial charge in [-0.1, -0.05) is 32.0 Å². The van der Waals surface area contributed by atoms with Gasteiger partial charge in [0, 0.05) is 0 Å². The third kappa shape index (κ3) is 5.05. The van der Waals surface area contributed by atoms with Crippen LogP contribution in [0.3, 0.4) is 0 Å². The van der Waals surface area contributed by atoms with Crippen LogP contribution in [0.5, 0.6) is 0 Å². The van der Waals surface area contributed by atoms with E-state index in [1.807, 2.05) is 12.1 Å². The molecule has 0 radical (unpaired) electrons. The summed E-state index contributed by atoms with van der Waals surface area (Å²) in [6.45, 7) is 8.26. The summed E-state index contributed by atoms with van der Waals surface area (Å²) < 4.78 is 10.2. The molecule has 0 aromatic heterocycles. The number of carbonyl (C=O) groups excluding carboxylic acids is 2. The highest BCUT2D eigenvalue weighted by Gasteiger charge is 2.43. The number of hydrogen-bond donors (Lipinski definition) is 1. The molecule has 32 heavy (non-hydrogen) atoms. The Balaban J connectivity index is 1.97. The molecule has 2 aromatic carbocycles. The maximum Gasteiger partial charge on any atom is 0.340 e. The van der Waals surface area contributed by atoms with E-state index in [0.717, 1.165) is 12.0 Å². The minimum absolute atomic E-state index is 0.115. The predicted molar refractivity (Wildman–Crippen MR) is 120 cm³/mol. The molecule has 170 valence electrons. The van der Waals surface area contributed by atoms with Crippen molar-refractivity contribution in [3.63, 3.8) is 0 Å². The maximum absolute atomic E-state index is 12.2. The summed E-state index contributed by atoms with van der Waals surface area (Å²) in [7, 11) is 0. The predicted octanol–water partition coefficient (Wildman–Crippen LogP) is 5.49. The van der Waals surface area contributed by atoms with Gasteiger partial charge >= 0.3 is 11.9 Å². The summed E-state index contributed by atoms with van der Waals surface area (Å²) in [6.07, 6.45) is 1.07. The first kappa shape index (κ1) is 23.6. The van der Waals surface area contributed by atoms with Crippen LogP contribution in [0.25, 0.3) is 0 Å². The second-order valence-electron chi connectivity index (χ2n) is 8.56. The molecule has 0 amide bonds. The number of hydrogen-bond acceptors (Lipinski definition) is 7. The van der Waals surface area contributed by atoms with Crippen LogP contribution < -0.4 is 0 Å². The number of nitrogens with zero attached hydrogens (tertiary/aromatic N) is 2. The Labute approximate surface area is 188 Å². The van der Waals surface area contributed by atoms with E-state index < -0.39 is 17.5 Å². The first-order chi connectivity index (χ1) is 15.2.